The van der Waals surface area contributed by atoms with E-state index in [2.05, 4.69) is 16.8 Å². The number of aromatic nitrogens is 3. The molecule has 0 amide bonds. The van der Waals surface area contributed by atoms with E-state index in [0.29, 0.717) is 28.8 Å². The number of rotatable bonds is 8. The summed E-state index contributed by atoms with van der Waals surface area (Å²) in [6.45, 7) is 8.10. The summed E-state index contributed by atoms with van der Waals surface area (Å²) in [5.74, 6) is 1.73. The van der Waals surface area contributed by atoms with Gasteiger partial charge in [0.25, 0.3) is 0 Å². The fraction of sp³-hybridized carbons (Fsp3) is 0.273. The number of hydrogen-bond acceptors (Lipinski definition) is 4. The van der Waals surface area contributed by atoms with Gasteiger partial charge in [0.1, 0.15) is 5.75 Å². The van der Waals surface area contributed by atoms with E-state index in [4.69, 9.17) is 4.74 Å². The quantitative estimate of drug-likeness (QED) is 0.312. The lowest BCUT2D eigenvalue weighted by atomic mass is 10.1. The third-order valence-electron chi connectivity index (χ3n) is 4.44. The molecule has 0 aliphatic heterocycles. The van der Waals surface area contributed by atoms with Crippen LogP contribution >= 0.6 is 11.8 Å². The third-order valence-corrected chi connectivity index (χ3v) is 5.48. The van der Waals surface area contributed by atoms with Gasteiger partial charge in [0, 0.05) is 12.3 Å². The maximum absolute atomic E-state index is 12.9. The fourth-order valence-corrected chi connectivity index (χ4v) is 3.82. The molecule has 0 bridgehead atoms. The maximum atomic E-state index is 12.9. The Morgan fingerprint density at radius 2 is 1.93 bits per heavy atom. The van der Waals surface area contributed by atoms with Crippen molar-refractivity contribution in [1.29, 1.82) is 0 Å². The van der Waals surface area contributed by atoms with Crippen molar-refractivity contribution >= 4 is 11.8 Å². The third kappa shape index (κ3) is 5.24. The van der Waals surface area contributed by atoms with Crippen molar-refractivity contribution in [3.8, 4) is 5.75 Å². The molecule has 1 atom stereocenters. The highest BCUT2D eigenvalue weighted by molar-refractivity contribution is 7.98. The summed E-state index contributed by atoms with van der Waals surface area (Å²) in [4.78, 5) is 0. The van der Waals surface area contributed by atoms with E-state index in [9.17, 15) is 13.2 Å². The van der Waals surface area contributed by atoms with Crippen molar-refractivity contribution in [2.24, 2.45) is 0 Å². The van der Waals surface area contributed by atoms with Gasteiger partial charge in [-0.2, -0.15) is 13.2 Å². The van der Waals surface area contributed by atoms with Crippen LogP contribution in [0, 0.1) is 6.92 Å². The zero-order valence-corrected chi connectivity index (χ0v) is 17.5. The first-order valence-electron chi connectivity index (χ1n) is 9.35. The molecule has 0 saturated heterocycles. The summed E-state index contributed by atoms with van der Waals surface area (Å²) >= 11 is 1.33. The van der Waals surface area contributed by atoms with Gasteiger partial charge in [-0.1, -0.05) is 54.2 Å². The Balaban J connectivity index is 1.77. The van der Waals surface area contributed by atoms with Gasteiger partial charge in [0.05, 0.1) is 5.56 Å². The predicted molar refractivity (Wildman–Crippen MR) is 111 cm³/mol. The molecule has 30 heavy (non-hydrogen) atoms. The lowest BCUT2D eigenvalue weighted by molar-refractivity contribution is -0.137. The molecule has 0 saturated carbocycles. The number of ether oxygens (including phenoxy) is 1. The van der Waals surface area contributed by atoms with Crippen LogP contribution in [0.25, 0.3) is 0 Å². The van der Waals surface area contributed by atoms with Crippen molar-refractivity contribution in [2.45, 2.75) is 43.6 Å². The van der Waals surface area contributed by atoms with Gasteiger partial charge in [-0.05, 0) is 37.1 Å². The smallest absolute Gasteiger partial charge is 0.416 e. The highest BCUT2D eigenvalue weighted by atomic mass is 32.2. The Bertz CT molecular complexity index is 1020. The van der Waals surface area contributed by atoms with E-state index in [1.807, 2.05) is 42.7 Å². The van der Waals surface area contributed by atoms with Crippen LogP contribution in [0.5, 0.6) is 5.75 Å². The van der Waals surface area contributed by atoms with Crippen molar-refractivity contribution in [3.05, 3.63) is 83.7 Å². The van der Waals surface area contributed by atoms with Gasteiger partial charge in [-0.25, -0.2) is 0 Å². The number of allylic oxidation sites excluding steroid dienone is 1. The Morgan fingerprint density at radius 3 is 2.63 bits per heavy atom. The molecule has 3 aromatic rings. The Morgan fingerprint density at radius 1 is 1.17 bits per heavy atom. The van der Waals surface area contributed by atoms with Gasteiger partial charge < -0.3 is 4.74 Å². The summed E-state index contributed by atoms with van der Waals surface area (Å²) in [7, 11) is 0. The van der Waals surface area contributed by atoms with Crippen LogP contribution in [0.3, 0.4) is 0 Å². The second kappa shape index (κ2) is 9.38. The van der Waals surface area contributed by atoms with Crippen LogP contribution in [-0.4, -0.2) is 14.8 Å². The van der Waals surface area contributed by atoms with Crippen LogP contribution in [-0.2, 0) is 18.5 Å². The van der Waals surface area contributed by atoms with Gasteiger partial charge >= 0.3 is 6.18 Å². The van der Waals surface area contributed by atoms with Crippen LogP contribution in [0.4, 0.5) is 13.2 Å². The molecular weight excluding hydrogens is 411 g/mol. The average Bonchev–Trinajstić information content (AvgIpc) is 3.11. The molecule has 1 heterocycles. The minimum Gasteiger partial charge on any atom is -0.482 e. The molecule has 0 spiro atoms. The van der Waals surface area contributed by atoms with E-state index < -0.39 is 11.7 Å². The lowest BCUT2D eigenvalue weighted by Crippen LogP contribution is -2.12. The molecule has 1 aromatic heterocycles. The second-order valence-corrected chi connectivity index (χ2v) is 7.69. The predicted octanol–water partition coefficient (Wildman–Crippen LogP) is 6.22. The number of para-hydroxylation sites is 1. The van der Waals surface area contributed by atoms with Crippen LogP contribution < -0.4 is 4.74 Å². The molecule has 0 fully saturated rings. The minimum atomic E-state index is -4.36. The zero-order chi connectivity index (χ0) is 21.7. The van der Waals surface area contributed by atoms with E-state index in [1.165, 1.54) is 17.8 Å². The largest absolute Gasteiger partial charge is 0.482 e. The first-order valence-corrected chi connectivity index (χ1v) is 10.3. The molecule has 0 radical (unpaired) electrons. The van der Waals surface area contributed by atoms with E-state index >= 15 is 0 Å². The normalized spacial score (nSPS) is 12.6. The maximum Gasteiger partial charge on any atom is 0.416 e. The van der Waals surface area contributed by atoms with Crippen molar-refractivity contribution < 1.29 is 17.9 Å². The minimum absolute atomic E-state index is 0.340. The molecule has 0 aliphatic carbocycles. The van der Waals surface area contributed by atoms with Crippen LogP contribution in [0.2, 0.25) is 0 Å². The van der Waals surface area contributed by atoms with Crippen molar-refractivity contribution in [1.82, 2.24) is 14.8 Å². The Labute approximate surface area is 177 Å². The first kappa shape index (κ1) is 22.0. The van der Waals surface area contributed by atoms with E-state index in [1.54, 1.807) is 12.1 Å². The molecule has 4 nitrogen and oxygen atoms in total. The lowest BCUT2D eigenvalue weighted by Gasteiger charge is -2.17. The monoisotopic (exact) mass is 433 g/mol. The summed E-state index contributed by atoms with van der Waals surface area (Å²) in [6.07, 6.45) is -3.00. The number of halogens is 3. The van der Waals surface area contributed by atoms with Gasteiger partial charge in [0.2, 0.25) is 0 Å². The standard InChI is InChI=1S/C22H22F3N3OS/c1-4-12-28-20(16(3)29-19-11-6-5-8-15(19)2)26-27-21(28)30-14-17-9-7-10-18(13-17)22(23,24)25/h4-11,13,16H,1,12,14H2,2-3H3. The number of hydrogen-bond donors (Lipinski definition) is 0. The number of alkyl halides is 3. The van der Waals surface area contributed by atoms with E-state index in [0.717, 1.165) is 23.4 Å². The molecule has 1 unspecified atom stereocenters. The SMILES string of the molecule is C=CCn1c(SCc2cccc(C(F)(F)F)c2)nnc1C(C)Oc1ccccc1C. The zero-order valence-electron chi connectivity index (χ0n) is 16.7. The molecule has 8 heteroatoms. The van der Waals surface area contributed by atoms with Gasteiger partial charge in [-0.3, -0.25) is 4.57 Å². The second-order valence-electron chi connectivity index (χ2n) is 6.75. The summed E-state index contributed by atoms with van der Waals surface area (Å²) in [6, 6.07) is 13.0. The topological polar surface area (TPSA) is 39.9 Å². The van der Waals surface area contributed by atoms with Gasteiger partial charge in [-0.15, -0.1) is 16.8 Å². The number of aryl methyl sites for hydroxylation is 1. The molecule has 3 rings (SSSR count). The highest BCUT2D eigenvalue weighted by Gasteiger charge is 2.30. The average molecular weight is 433 g/mol. The van der Waals surface area contributed by atoms with Crippen LogP contribution in [0.15, 0.2) is 66.3 Å². The number of nitrogens with zero attached hydrogens (tertiary/aromatic N) is 3. The molecule has 0 aliphatic rings. The van der Waals surface area contributed by atoms with Crippen molar-refractivity contribution in [2.75, 3.05) is 0 Å². The Hall–Kier alpha value is -2.74. The molecule has 2 aromatic carbocycles. The number of benzene rings is 2. The van der Waals surface area contributed by atoms with Crippen molar-refractivity contribution in [3.63, 3.8) is 0 Å². The summed E-state index contributed by atoms with van der Waals surface area (Å²) in [5, 5.41) is 9.10. The number of thioether (sulfide) groups is 1. The van der Waals surface area contributed by atoms with Gasteiger partial charge in [0.15, 0.2) is 17.1 Å². The van der Waals surface area contributed by atoms with Crippen LogP contribution in [0.1, 0.15) is 35.5 Å². The molecule has 158 valence electrons. The molecular formula is C22H22F3N3OS. The van der Waals surface area contributed by atoms with E-state index in [-0.39, 0.29) is 6.10 Å². The fourth-order valence-electron chi connectivity index (χ4n) is 2.93. The molecule has 0 N–H and O–H groups in total. The summed E-state index contributed by atoms with van der Waals surface area (Å²) < 4.78 is 46.7. The Kier molecular flexibility index (Phi) is 6.87. The summed E-state index contributed by atoms with van der Waals surface area (Å²) in [5.41, 5.74) is 0.918. The highest BCUT2D eigenvalue weighted by Crippen LogP contribution is 2.32. The first-order chi connectivity index (χ1) is 14.3.